The molecule has 0 aliphatic carbocycles. The summed E-state index contributed by atoms with van der Waals surface area (Å²) < 4.78 is 0. The lowest BCUT2D eigenvalue weighted by molar-refractivity contribution is 1.31. The first kappa shape index (κ1) is 11.8. The Labute approximate surface area is 115 Å². The number of nitriles is 1. The third-order valence-corrected chi connectivity index (χ3v) is 3.31. The Balaban J connectivity index is 2.24. The van der Waals surface area contributed by atoms with E-state index >= 15 is 0 Å². The third kappa shape index (κ3) is 1.96. The molecule has 0 atom stereocenters. The first-order valence-corrected chi connectivity index (χ1v) is 6.22. The number of hydrogen-bond donors (Lipinski definition) is 1. The number of nitrogens with one attached hydrogen (secondary N) is 1. The van der Waals surface area contributed by atoms with Crippen molar-refractivity contribution in [3.05, 3.63) is 52.5 Å². The van der Waals surface area contributed by atoms with E-state index in [1.165, 1.54) is 0 Å². The van der Waals surface area contributed by atoms with Gasteiger partial charge in [0.25, 0.3) is 0 Å². The molecule has 0 radical (unpaired) electrons. The van der Waals surface area contributed by atoms with E-state index in [1.807, 2.05) is 37.3 Å². The number of imidazole rings is 1. The lowest BCUT2D eigenvalue weighted by atomic mass is 10.1. The van der Waals surface area contributed by atoms with E-state index in [2.05, 4.69) is 16.0 Å². The molecule has 3 nitrogen and oxygen atoms in total. The van der Waals surface area contributed by atoms with E-state index in [1.54, 1.807) is 6.07 Å². The second-order valence-electron chi connectivity index (χ2n) is 4.36. The molecule has 0 bridgehead atoms. The maximum absolute atomic E-state index is 9.09. The molecule has 0 saturated heterocycles. The normalized spacial score (nSPS) is 10.6. The molecule has 1 heterocycles. The van der Waals surface area contributed by atoms with Gasteiger partial charge in [-0.1, -0.05) is 17.7 Å². The highest BCUT2D eigenvalue weighted by Gasteiger charge is 2.10. The van der Waals surface area contributed by atoms with Crippen molar-refractivity contribution in [2.45, 2.75) is 6.92 Å². The van der Waals surface area contributed by atoms with Crippen molar-refractivity contribution in [1.82, 2.24) is 9.97 Å². The molecule has 3 rings (SSSR count). The highest BCUT2D eigenvalue weighted by molar-refractivity contribution is 6.30. The summed E-state index contributed by atoms with van der Waals surface area (Å²) in [6, 6.07) is 13.3. The summed E-state index contributed by atoms with van der Waals surface area (Å²) in [4.78, 5) is 7.76. The van der Waals surface area contributed by atoms with Gasteiger partial charge in [0.15, 0.2) is 0 Å². The summed E-state index contributed by atoms with van der Waals surface area (Å²) in [6.07, 6.45) is 0. The Morgan fingerprint density at radius 3 is 2.84 bits per heavy atom. The number of rotatable bonds is 1. The van der Waals surface area contributed by atoms with Gasteiger partial charge in [-0.2, -0.15) is 5.26 Å². The van der Waals surface area contributed by atoms with Crippen molar-refractivity contribution in [2.24, 2.45) is 0 Å². The number of para-hydroxylation sites is 1. The van der Waals surface area contributed by atoms with Crippen LogP contribution in [0.5, 0.6) is 0 Å². The summed E-state index contributed by atoms with van der Waals surface area (Å²) in [5.74, 6) is 0.756. The zero-order valence-corrected chi connectivity index (χ0v) is 11.0. The van der Waals surface area contributed by atoms with Crippen molar-refractivity contribution >= 4 is 22.6 Å². The average Bonchev–Trinajstić information content (AvgIpc) is 2.81. The SMILES string of the molecule is Cc1cc(Cl)ccc1-c1nc2c(C#N)cccc2[nH]1. The monoisotopic (exact) mass is 267 g/mol. The van der Waals surface area contributed by atoms with Crippen LogP contribution in [0.1, 0.15) is 11.1 Å². The Morgan fingerprint density at radius 2 is 2.11 bits per heavy atom. The average molecular weight is 268 g/mol. The van der Waals surface area contributed by atoms with Gasteiger partial charge in [-0.3, -0.25) is 0 Å². The predicted molar refractivity (Wildman–Crippen MR) is 76.0 cm³/mol. The number of benzene rings is 2. The summed E-state index contributed by atoms with van der Waals surface area (Å²) in [5, 5.41) is 9.79. The van der Waals surface area contributed by atoms with Crippen LogP contribution in [0, 0.1) is 18.3 Å². The van der Waals surface area contributed by atoms with E-state index in [-0.39, 0.29) is 0 Å². The second kappa shape index (κ2) is 4.42. The molecule has 2 aromatic carbocycles. The van der Waals surface area contributed by atoms with Crippen molar-refractivity contribution in [1.29, 1.82) is 5.26 Å². The van der Waals surface area contributed by atoms with Crippen LogP contribution in [-0.4, -0.2) is 9.97 Å². The van der Waals surface area contributed by atoms with Gasteiger partial charge >= 0.3 is 0 Å². The molecule has 0 aliphatic heterocycles. The molecule has 0 aliphatic rings. The highest BCUT2D eigenvalue weighted by atomic mass is 35.5. The minimum Gasteiger partial charge on any atom is -0.338 e. The number of H-pyrrole nitrogens is 1. The molecule has 19 heavy (non-hydrogen) atoms. The van der Waals surface area contributed by atoms with E-state index in [4.69, 9.17) is 16.9 Å². The van der Waals surface area contributed by atoms with E-state index in [0.29, 0.717) is 16.1 Å². The van der Waals surface area contributed by atoms with Crippen LogP contribution in [0.4, 0.5) is 0 Å². The van der Waals surface area contributed by atoms with Gasteiger partial charge in [-0.15, -0.1) is 0 Å². The smallest absolute Gasteiger partial charge is 0.138 e. The third-order valence-electron chi connectivity index (χ3n) is 3.08. The van der Waals surface area contributed by atoms with Gasteiger partial charge in [0, 0.05) is 10.6 Å². The van der Waals surface area contributed by atoms with Crippen molar-refractivity contribution in [3.8, 4) is 17.5 Å². The molecule has 0 saturated carbocycles. The van der Waals surface area contributed by atoms with Crippen LogP contribution >= 0.6 is 11.6 Å². The van der Waals surface area contributed by atoms with E-state index < -0.39 is 0 Å². The molecular weight excluding hydrogens is 258 g/mol. The van der Waals surface area contributed by atoms with Crippen molar-refractivity contribution < 1.29 is 0 Å². The summed E-state index contributed by atoms with van der Waals surface area (Å²) >= 11 is 5.96. The minimum absolute atomic E-state index is 0.576. The first-order valence-electron chi connectivity index (χ1n) is 5.84. The fraction of sp³-hybridized carbons (Fsp3) is 0.0667. The summed E-state index contributed by atoms with van der Waals surface area (Å²) in [5.41, 5.74) is 4.18. The lowest BCUT2D eigenvalue weighted by Crippen LogP contribution is -1.85. The van der Waals surface area contributed by atoms with Gasteiger partial charge in [0.1, 0.15) is 17.4 Å². The van der Waals surface area contributed by atoms with Gasteiger partial charge in [0.2, 0.25) is 0 Å². The Hall–Kier alpha value is -2.31. The standard InChI is InChI=1S/C15H10ClN3/c1-9-7-11(16)5-6-12(9)15-18-13-4-2-3-10(8-17)14(13)19-15/h2-7H,1H3,(H,18,19). The fourth-order valence-electron chi connectivity index (χ4n) is 2.14. The minimum atomic E-state index is 0.576. The lowest BCUT2D eigenvalue weighted by Gasteiger charge is -2.02. The molecule has 0 amide bonds. The summed E-state index contributed by atoms with van der Waals surface area (Å²) in [7, 11) is 0. The topological polar surface area (TPSA) is 52.5 Å². The Kier molecular flexibility index (Phi) is 2.73. The zero-order chi connectivity index (χ0) is 13.4. The molecule has 0 unspecified atom stereocenters. The van der Waals surface area contributed by atoms with Gasteiger partial charge in [-0.05, 0) is 42.8 Å². The van der Waals surface area contributed by atoms with E-state index in [9.17, 15) is 0 Å². The van der Waals surface area contributed by atoms with Crippen LogP contribution in [0.3, 0.4) is 0 Å². The van der Waals surface area contributed by atoms with Crippen LogP contribution in [0.25, 0.3) is 22.4 Å². The molecular formula is C15H10ClN3. The summed E-state index contributed by atoms with van der Waals surface area (Å²) in [6.45, 7) is 1.99. The second-order valence-corrected chi connectivity index (χ2v) is 4.79. The Morgan fingerprint density at radius 1 is 1.26 bits per heavy atom. The highest BCUT2D eigenvalue weighted by Crippen LogP contribution is 2.26. The van der Waals surface area contributed by atoms with Crippen molar-refractivity contribution in [3.63, 3.8) is 0 Å². The maximum Gasteiger partial charge on any atom is 0.138 e. The number of fused-ring (bicyclic) bond motifs is 1. The van der Waals surface area contributed by atoms with Gasteiger partial charge < -0.3 is 4.98 Å². The molecule has 0 fully saturated rings. The fourth-order valence-corrected chi connectivity index (χ4v) is 2.37. The number of aromatic amines is 1. The van der Waals surface area contributed by atoms with Crippen molar-refractivity contribution in [2.75, 3.05) is 0 Å². The number of nitrogens with zero attached hydrogens (tertiary/aromatic N) is 2. The number of aromatic nitrogens is 2. The largest absolute Gasteiger partial charge is 0.338 e. The predicted octanol–water partition coefficient (Wildman–Crippen LogP) is 4.06. The van der Waals surface area contributed by atoms with E-state index in [0.717, 1.165) is 22.5 Å². The number of aryl methyl sites for hydroxylation is 1. The van der Waals surface area contributed by atoms with Gasteiger partial charge in [-0.25, -0.2) is 4.98 Å². The molecule has 1 N–H and O–H groups in total. The van der Waals surface area contributed by atoms with Crippen LogP contribution in [0.15, 0.2) is 36.4 Å². The van der Waals surface area contributed by atoms with Gasteiger partial charge in [0.05, 0.1) is 11.1 Å². The molecule has 92 valence electrons. The van der Waals surface area contributed by atoms with Crippen LogP contribution in [0.2, 0.25) is 5.02 Å². The van der Waals surface area contributed by atoms with Crippen LogP contribution in [-0.2, 0) is 0 Å². The molecule has 1 aromatic heterocycles. The molecule has 0 spiro atoms. The maximum atomic E-state index is 9.09. The Bertz CT molecular complexity index is 812. The zero-order valence-electron chi connectivity index (χ0n) is 10.2. The van der Waals surface area contributed by atoms with Crippen LogP contribution < -0.4 is 0 Å². The first-order chi connectivity index (χ1) is 9.19. The quantitative estimate of drug-likeness (QED) is 0.723. The molecule has 3 aromatic rings. The number of hydrogen-bond acceptors (Lipinski definition) is 2. The molecule has 4 heteroatoms. The number of halogens is 1.